The highest BCUT2D eigenvalue weighted by molar-refractivity contribution is 9.08. The lowest BCUT2D eigenvalue weighted by Gasteiger charge is -2.07. The van der Waals surface area contributed by atoms with E-state index in [1.54, 1.807) is 0 Å². The van der Waals surface area contributed by atoms with Crippen LogP contribution in [0, 0.1) is 0 Å². The molecule has 0 N–H and O–H groups in total. The summed E-state index contributed by atoms with van der Waals surface area (Å²) in [4.78, 5) is 0. The van der Waals surface area contributed by atoms with E-state index in [1.807, 2.05) is 36.4 Å². The minimum Gasteiger partial charge on any atom is -0.246 e. The topological polar surface area (TPSA) is 0 Å². The monoisotopic (exact) mass is 252 g/mol. The molecule has 0 amide bonds. The van der Waals surface area contributed by atoms with Gasteiger partial charge in [-0.05, 0) is 21.9 Å². The number of halogens is 2. The Morgan fingerprint density at radius 1 is 1.00 bits per heavy atom. The molecule has 72 valence electrons. The number of hydrogen-bond donors (Lipinski definition) is 0. The fourth-order valence-electron chi connectivity index (χ4n) is 1.72. The van der Waals surface area contributed by atoms with E-state index in [1.165, 1.54) is 0 Å². The van der Waals surface area contributed by atoms with Gasteiger partial charge in [-0.2, -0.15) is 0 Å². The number of alkyl halides is 2. The Morgan fingerprint density at radius 3 is 2.21 bits per heavy atom. The smallest absolute Gasteiger partial charge is 0.115 e. The van der Waals surface area contributed by atoms with Gasteiger partial charge in [0.15, 0.2) is 0 Å². The standard InChI is InChI=1S/C12H10BrF/c13-7-10-5-1-3-9-4-2-6-11(8-14)12(9)10/h1-6H,7-8H2. The fraction of sp³-hybridized carbons (Fsp3) is 0.167. The van der Waals surface area contributed by atoms with E-state index < -0.39 is 6.67 Å². The molecule has 0 radical (unpaired) electrons. The van der Waals surface area contributed by atoms with Crippen LogP contribution in [0.2, 0.25) is 0 Å². The summed E-state index contributed by atoms with van der Waals surface area (Å²) >= 11 is 3.42. The van der Waals surface area contributed by atoms with Crippen LogP contribution in [0.4, 0.5) is 4.39 Å². The van der Waals surface area contributed by atoms with E-state index in [2.05, 4.69) is 15.9 Å². The van der Waals surface area contributed by atoms with E-state index in [4.69, 9.17) is 0 Å². The molecule has 2 heteroatoms. The Morgan fingerprint density at radius 2 is 1.64 bits per heavy atom. The summed E-state index contributed by atoms with van der Waals surface area (Å²) in [6, 6.07) is 11.8. The summed E-state index contributed by atoms with van der Waals surface area (Å²) in [6.45, 7) is -0.401. The largest absolute Gasteiger partial charge is 0.246 e. The molecule has 0 aromatic heterocycles. The van der Waals surface area contributed by atoms with Crippen molar-refractivity contribution in [3.8, 4) is 0 Å². The average molecular weight is 253 g/mol. The van der Waals surface area contributed by atoms with Gasteiger partial charge >= 0.3 is 0 Å². The zero-order chi connectivity index (χ0) is 9.97. The van der Waals surface area contributed by atoms with Gasteiger partial charge in [0.25, 0.3) is 0 Å². The first-order valence-electron chi connectivity index (χ1n) is 4.48. The number of benzene rings is 2. The molecular weight excluding hydrogens is 243 g/mol. The van der Waals surface area contributed by atoms with Crippen molar-refractivity contribution in [2.24, 2.45) is 0 Å². The molecule has 0 saturated heterocycles. The predicted molar refractivity (Wildman–Crippen MR) is 61.4 cm³/mol. The molecule has 2 aromatic rings. The predicted octanol–water partition coefficient (Wildman–Crippen LogP) is 4.20. The quantitative estimate of drug-likeness (QED) is 0.703. The molecule has 0 atom stereocenters. The van der Waals surface area contributed by atoms with Gasteiger partial charge in [-0.3, -0.25) is 0 Å². The van der Waals surface area contributed by atoms with Crippen LogP contribution in [0.15, 0.2) is 36.4 Å². The number of hydrogen-bond acceptors (Lipinski definition) is 0. The zero-order valence-corrected chi connectivity index (χ0v) is 9.22. The van der Waals surface area contributed by atoms with Crippen molar-refractivity contribution in [1.29, 1.82) is 0 Å². The minimum atomic E-state index is -0.401. The van der Waals surface area contributed by atoms with Gasteiger partial charge in [0.1, 0.15) is 6.67 Å². The maximum atomic E-state index is 12.8. The third-order valence-corrected chi connectivity index (χ3v) is 2.97. The Bertz CT molecular complexity index is 412. The summed E-state index contributed by atoms with van der Waals surface area (Å²) in [6.07, 6.45) is 0. The van der Waals surface area contributed by atoms with Crippen molar-refractivity contribution in [3.05, 3.63) is 47.5 Å². The van der Waals surface area contributed by atoms with Gasteiger partial charge in [-0.25, -0.2) is 4.39 Å². The van der Waals surface area contributed by atoms with Gasteiger partial charge in [0.05, 0.1) is 0 Å². The molecule has 2 aromatic carbocycles. The van der Waals surface area contributed by atoms with Gasteiger partial charge in [-0.15, -0.1) is 0 Å². The van der Waals surface area contributed by atoms with Crippen LogP contribution in [0.3, 0.4) is 0 Å². The normalized spacial score (nSPS) is 10.7. The molecule has 0 bridgehead atoms. The first kappa shape index (κ1) is 9.66. The Kier molecular flexibility index (Phi) is 2.82. The van der Waals surface area contributed by atoms with Crippen molar-refractivity contribution in [2.45, 2.75) is 12.0 Å². The lowest BCUT2D eigenvalue weighted by molar-refractivity contribution is 0.488. The van der Waals surface area contributed by atoms with Crippen molar-refractivity contribution in [3.63, 3.8) is 0 Å². The van der Waals surface area contributed by atoms with Crippen molar-refractivity contribution < 1.29 is 4.39 Å². The van der Waals surface area contributed by atoms with E-state index in [0.717, 1.165) is 27.2 Å². The number of fused-ring (bicyclic) bond motifs is 1. The van der Waals surface area contributed by atoms with Gasteiger partial charge in [0, 0.05) is 5.33 Å². The third kappa shape index (κ3) is 1.55. The summed E-state index contributed by atoms with van der Waals surface area (Å²) in [5.74, 6) is 0. The maximum Gasteiger partial charge on any atom is 0.115 e. The van der Waals surface area contributed by atoms with Crippen LogP contribution < -0.4 is 0 Å². The summed E-state index contributed by atoms with van der Waals surface area (Å²) in [5.41, 5.74) is 1.92. The molecule has 0 heterocycles. The van der Waals surface area contributed by atoms with E-state index in [9.17, 15) is 4.39 Å². The van der Waals surface area contributed by atoms with E-state index in [0.29, 0.717) is 0 Å². The summed E-state index contributed by atoms with van der Waals surface area (Å²) in [7, 11) is 0. The molecule has 0 unspecified atom stereocenters. The SMILES string of the molecule is FCc1cccc2cccc(CBr)c12. The molecule has 2 rings (SSSR count). The Hall–Kier alpha value is -0.890. The minimum absolute atomic E-state index is 0.401. The molecule has 0 spiro atoms. The molecular formula is C12H10BrF. The highest BCUT2D eigenvalue weighted by Crippen LogP contribution is 2.25. The van der Waals surface area contributed by atoms with Crippen LogP contribution in [0.25, 0.3) is 10.8 Å². The van der Waals surface area contributed by atoms with Crippen molar-refractivity contribution in [2.75, 3.05) is 0 Å². The molecule has 0 aliphatic carbocycles. The third-order valence-electron chi connectivity index (χ3n) is 2.37. The molecule has 14 heavy (non-hydrogen) atoms. The van der Waals surface area contributed by atoms with Crippen molar-refractivity contribution in [1.82, 2.24) is 0 Å². The Balaban J connectivity index is 2.81. The van der Waals surface area contributed by atoms with Gasteiger partial charge in [0.2, 0.25) is 0 Å². The van der Waals surface area contributed by atoms with Crippen LogP contribution in [0.5, 0.6) is 0 Å². The second-order valence-electron chi connectivity index (χ2n) is 3.20. The Labute approximate surface area is 90.9 Å². The lowest BCUT2D eigenvalue weighted by atomic mass is 10.0. The fourth-order valence-corrected chi connectivity index (χ4v) is 2.19. The molecule has 0 aliphatic rings. The first-order chi connectivity index (χ1) is 6.86. The molecule has 0 aliphatic heterocycles. The summed E-state index contributed by atoms with van der Waals surface area (Å²) in [5, 5.41) is 2.92. The van der Waals surface area contributed by atoms with Crippen LogP contribution in [0.1, 0.15) is 11.1 Å². The van der Waals surface area contributed by atoms with Crippen LogP contribution in [-0.4, -0.2) is 0 Å². The van der Waals surface area contributed by atoms with E-state index >= 15 is 0 Å². The van der Waals surface area contributed by atoms with E-state index in [-0.39, 0.29) is 0 Å². The molecule has 0 fully saturated rings. The maximum absolute atomic E-state index is 12.8. The first-order valence-corrected chi connectivity index (χ1v) is 5.60. The second-order valence-corrected chi connectivity index (χ2v) is 3.76. The summed E-state index contributed by atoms with van der Waals surface area (Å²) < 4.78 is 12.8. The zero-order valence-electron chi connectivity index (χ0n) is 7.63. The lowest BCUT2D eigenvalue weighted by Crippen LogP contribution is -1.87. The average Bonchev–Trinajstić information content (AvgIpc) is 2.27. The molecule has 0 saturated carbocycles. The number of rotatable bonds is 2. The second kappa shape index (κ2) is 4.09. The van der Waals surface area contributed by atoms with Crippen LogP contribution >= 0.6 is 15.9 Å². The van der Waals surface area contributed by atoms with Crippen molar-refractivity contribution >= 4 is 26.7 Å². The van der Waals surface area contributed by atoms with Gasteiger partial charge in [-0.1, -0.05) is 52.3 Å². The molecule has 0 nitrogen and oxygen atoms in total. The van der Waals surface area contributed by atoms with Crippen LogP contribution in [-0.2, 0) is 12.0 Å². The van der Waals surface area contributed by atoms with Gasteiger partial charge < -0.3 is 0 Å². The highest BCUT2D eigenvalue weighted by Gasteiger charge is 2.04. The highest BCUT2D eigenvalue weighted by atomic mass is 79.9.